The maximum atomic E-state index is 12.6. The predicted molar refractivity (Wildman–Crippen MR) is 110 cm³/mol. The molecular weight excluding hydrogens is 374 g/mol. The lowest BCUT2D eigenvalue weighted by Gasteiger charge is -2.32. The average molecular weight is 400 g/mol. The van der Waals surface area contributed by atoms with Crippen molar-refractivity contribution in [3.8, 4) is 0 Å². The summed E-state index contributed by atoms with van der Waals surface area (Å²) in [6.45, 7) is 2.11. The van der Waals surface area contributed by atoms with Crippen LogP contribution >= 0.6 is 11.6 Å². The first-order valence-electron chi connectivity index (χ1n) is 10.2. The Morgan fingerprint density at radius 1 is 1.14 bits per heavy atom. The van der Waals surface area contributed by atoms with Crippen molar-refractivity contribution in [2.75, 3.05) is 13.1 Å². The molecule has 0 radical (unpaired) electrons. The number of carbonyl (C=O) groups excluding carboxylic acids is 1. The fourth-order valence-corrected chi connectivity index (χ4v) is 4.46. The van der Waals surface area contributed by atoms with Crippen LogP contribution in [0.1, 0.15) is 42.5 Å². The van der Waals surface area contributed by atoms with Crippen LogP contribution in [-0.4, -0.2) is 33.7 Å². The van der Waals surface area contributed by atoms with Crippen LogP contribution in [-0.2, 0) is 30.6 Å². The predicted octanol–water partition coefficient (Wildman–Crippen LogP) is 3.26. The lowest BCUT2D eigenvalue weighted by atomic mass is 9.95. The van der Waals surface area contributed by atoms with Crippen LogP contribution in [0.2, 0.25) is 5.02 Å². The van der Waals surface area contributed by atoms with E-state index in [1.165, 1.54) is 0 Å². The summed E-state index contributed by atoms with van der Waals surface area (Å²) in [7, 11) is 0. The minimum Gasteiger partial charge on any atom is -0.342 e. The van der Waals surface area contributed by atoms with Gasteiger partial charge in [0.2, 0.25) is 5.91 Å². The Morgan fingerprint density at radius 3 is 2.68 bits per heavy atom. The highest BCUT2D eigenvalue weighted by Gasteiger charge is 2.24. The molecule has 0 atom stereocenters. The zero-order chi connectivity index (χ0) is 19.5. The Hall–Kier alpha value is -2.14. The number of hydrogen-bond acceptors (Lipinski definition) is 3. The van der Waals surface area contributed by atoms with E-state index < -0.39 is 0 Å². The number of hydrogen-bond donors (Lipinski definition) is 0. The maximum Gasteiger partial charge on any atom is 0.267 e. The summed E-state index contributed by atoms with van der Waals surface area (Å²) in [4.78, 5) is 26.9. The van der Waals surface area contributed by atoms with E-state index in [-0.39, 0.29) is 11.5 Å². The Bertz CT molecular complexity index is 916. The average Bonchev–Trinajstić information content (AvgIpc) is 2.71. The van der Waals surface area contributed by atoms with Crippen molar-refractivity contribution in [2.45, 2.75) is 51.5 Å². The Kier molecular flexibility index (Phi) is 5.81. The summed E-state index contributed by atoms with van der Waals surface area (Å²) in [6.07, 6.45) is 6.41. The molecule has 5 nitrogen and oxygen atoms in total. The van der Waals surface area contributed by atoms with E-state index in [2.05, 4.69) is 5.10 Å². The molecule has 0 bridgehead atoms. The van der Waals surface area contributed by atoms with E-state index in [1.54, 1.807) is 10.7 Å². The maximum absolute atomic E-state index is 12.6. The van der Waals surface area contributed by atoms with Gasteiger partial charge in [0.05, 0.1) is 12.1 Å². The standard InChI is InChI=1S/C22H26ClN3O2/c23-19-7-3-1-5-17(19)13-21(27)25-11-9-16(10-12-25)15-26-22(28)14-18-6-2-4-8-20(18)24-26/h1,3,5,7,14,16H,2,4,6,8-13,15H2. The highest BCUT2D eigenvalue weighted by atomic mass is 35.5. The van der Waals surface area contributed by atoms with E-state index in [1.807, 2.05) is 29.2 Å². The number of benzene rings is 1. The number of amides is 1. The van der Waals surface area contributed by atoms with Crippen LogP contribution < -0.4 is 5.56 Å². The normalized spacial score (nSPS) is 17.4. The second kappa shape index (κ2) is 8.48. The summed E-state index contributed by atoms with van der Waals surface area (Å²) < 4.78 is 1.65. The van der Waals surface area contributed by atoms with Crippen LogP contribution in [0.3, 0.4) is 0 Å². The van der Waals surface area contributed by atoms with Gasteiger partial charge in [0.25, 0.3) is 5.56 Å². The largest absolute Gasteiger partial charge is 0.342 e. The monoisotopic (exact) mass is 399 g/mol. The van der Waals surface area contributed by atoms with E-state index in [4.69, 9.17) is 11.6 Å². The molecule has 1 fully saturated rings. The Labute approximate surface area is 170 Å². The summed E-state index contributed by atoms with van der Waals surface area (Å²) in [6, 6.07) is 9.28. The SMILES string of the molecule is O=C(Cc1ccccc1Cl)N1CCC(Cn2nc3c(cc2=O)CCCC3)CC1. The van der Waals surface area contributed by atoms with Crippen molar-refractivity contribution in [2.24, 2.45) is 5.92 Å². The van der Waals surface area contributed by atoms with E-state index in [0.29, 0.717) is 23.9 Å². The molecule has 148 valence electrons. The van der Waals surface area contributed by atoms with Gasteiger partial charge in [-0.1, -0.05) is 29.8 Å². The number of aromatic nitrogens is 2. The van der Waals surface area contributed by atoms with Crippen molar-refractivity contribution in [1.82, 2.24) is 14.7 Å². The quantitative estimate of drug-likeness (QED) is 0.792. The molecule has 6 heteroatoms. The zero-order valence-corrected chi connectivity index (χ0v) is 16.8. The number of aryl methyl sites for hydroxylation is 2. The third kappa shape index (κ3) is 4.30. The second-order valence-corrected chi connectivity index (χ2v) is 8.34. The first-order chi connectivity index (χ1) is 13.6. The molecule has 0 spiro atoms. The van der Waals surface area contributed by atoms with Crippen molar-refractivity contribution in [3.05, 3.63) is 62.5 Å². The summed E-state index contributed by atoms with van der Waals surface area (Å²) >= 11 is 6.18. The minimum absolute atomic E-state index is 0.0119. The molecule has 2 aliphatic rings. The molecule has 0 unspecified atom stereocenters. The molecule has 28 heavy (non-hydrogen) atoms. The van der Waals surface area contributed by atoms with Crippen molar-refractivity contribution in [3.63, 3.8) is 0 Å². The Morgan fingerprint density at radius 2 is 1.89 bits per heavy atom. The topological polar surface area (TPSA) is 55.2 Å². The Balaban J connectivity index is 1.34. The smallest absolute Gasteiger partial charge is 0.267 e. The van der Waals surface area contributed by atoms with Gasteiger partial charge in [0.1, 0.15) is 0 Å². The molecule has 2 aromatic rings. The number of carbonyl (C=O) groups is 1. The molecule has 1 saturated heterocycles. The van der Waals surface area contributed by atoms with Gasteiger partial charge in [-0.25, -0.2) is 4.68 Å². The number of nitrogens with zero attached hydrogens (tertiary/aromatic N) is 3. The highest BCUT2D eigenvalue weighted by molar-refractivity contribution is 6.31. The summed E-state index contributed by atoms with van der Waals surface area (Å²) in [5.74, 6) is 0.506. The number of rotatable bonds is 4. The third-order valence-corrected chi connectivity index (χ3v) is 6.34. The summed E-state index contributed by atoms with van der Waals surface area (Å²) in [5, 5.41) is 5.28. The highest BCUT2D eigenvalue weighted by Crippen LogP contribution is 2.22. The van der Waals surface area contributed by atoms with Crippen LogP contribution in [0.5, 0.6) is 0 Å². The van der Waals surface area contributed by atoms with E-state index in [0.717, 1.165) is 68.4 Å². The molecule has 0 saturated carbocycles. The third-order valence-electron chi connectivity index (χ3n) is 5.97. The lowest BCUT2D eigenvalue weighted by molar-refractivity contribution is -0.131. The second-order valence-electron chi connectivity index (χ2n) is 7.94. The zero-order valence-electron chi connectivity index (χ0n) is 16.1. The van der Waals surface area contributed by atoms with Gasteiger partial charge < -0.3 is 4.90 Å². The van der Waals surface area contributed by atoms with Crippen LogP contribution in [0.4, 0.5) is 0 Å². The fraction of sp³-hybridized carbons (Fsp3) is 0.500. The van der Waals surface area contributed by atoms with E-state index in [9.17, 15) is 9.59 Å². The molecule has 1 aromatic carbocycles. The molecule has 4 rings (SSSR count). The molecule has 1 aromatic heterocycles. The summed E-state index contributed by atoms with van der Waals surface area (Å²) in [5.41, 5.74) is 3.12. The van der Waals surface area contributed by atoms with Crippen molar-refractivity contribution >= 4 is 17.5 Å². The molecule has 2 heterocycles. The van der Waals surface area contributed by atoms with Gasteiger partial charge in [-0.3, -0.25) is 9.59 Å². The molecular formula is C22H26ClN3O2. The van der Waals surface area contributed by atoms with Gasteiger partial charge in [-0.15, -0.1) is 0 Å². The lowest BCUT2D eigenvalue weighted by Crippen LogP contribution is -2.41. The van der Waals surface area contributed by atoms with Crippen molar-refractivity contribution in [1.29, 1.82) is 0 Å². The molecule has 1 aliphatic heterocycles. The number of fused-ring (bicyclic) bond motifs is 1. The van der Waals surface area contributed by atoms with E-state index >= 15 is 0 Å². The van der Waals surface area contributed by atoms with Gasteiger partial charge in [-0.2, -0.15) is 5.10 Å². The van der Waals surface area contributed by atoms with Gasteiger partial charge >= 0.3 is 0 Å². The minimum atomic E-state index is 0.0119. The first-order valence-corrected chi connectivity index (χ1v) is 10.6. The van der Waals surface area contributed by atoms with Crippen molar-refractivity contribution < 1.29 is 4.79 Å². The van der Waals surface area contributed by atoms with Crippen LogP contribution in [0, 0.1) is 5.92 Å². The number of piperidine rings is 1. The fourth-order valence-electron chi connectivity index (χ4n) is 4.26. The van der Waals surface area contributed by atoms with Crippen LogP contribution in [0.15, 0.2) is 35.1 Å². The number of halogens is 1. The van der Waals surface area contributed by atoms with Gasteiger partial charge in [0.15, 0.2) is 0 Å². The first kappa shape index (κ1) is 19.2. The molecule has 0 N–H and O–H groups in total. The van der Waals surface area contributed by atoms with Crippen LogP contribution in [0.25, 0.3) is 0 Å². The number of likely N-dealkylation sites (tertiary alicyclic amines) is 1. The molecule has 1 amide bonds. The van der Waals surface area contributed by atoms with Gasteiger partial charge in [0, 0.05) is 30.7 Å². The molecule has 1 aliphatic carbocycles. The van der Waals surface area contributed by atoms with Gasteiger partial charge in [-0.05, 0) is 61.6 Å².